The third-order valence-electron chi connectivity index (χ3n) is 3.23. The van der Waals surface area contributed by atoms with E-state index in [0.717, 1.165) is 12.2 Å². The molecule has 0 aromatic carbocycles. The zero-order chi connectivity index (χ0) is 12.9. The number of fused-ring (bicyclic) bond motifs is 1. The highest BCUT2D eigenvalue weighted by molar-refractivity contribution is 6.38. The Balaban J connectivity index is 2.19. The van der Waals surface area contributed by atoms with E-state index in [1.165, 1.54) is 19.0 Å². The predicted molar refractivity (Wildman–Crippen MR) is 67.0 cm³/mol. The highest BCUT2D eigenvalue weighted by Crippen LogP contribution is 2.33. The van der Waals surface area contributed by atoms with E-state index in [1.807, 2.05) is 11.6 Å². The van der Waals surface area contributed by atoms with Crippen molar-refractivity contribution >= 4 is 28.6 Å². The van der Waals surface area contributed by atoms with Crippen LogP contribution in [0, 0.1) is 12.8 Å². The Bertz CT molecular complexity index is 646. The second-order valence-corrected chi connectivity index (χ2v) is 5.08. The molecule has 2 aromatic rings. The average molecular weight is 266 g/mol. The van der Waals surface area contributed by atoms with Crippen LogP contribution < -0.4 is 0 Å². The lowest BCUT2D eigenvalue weighted by atomic mass is 10.2. The van der Waals surface area contributed by atoms with E-state index in [0.29, 0.717) is 17.0 Å². The van der Waals surface area contributed by atoms with Crippen LogP contribution in [0.2, 0.25) is 5.02 Å². The van der Waals surface area contributed by atoms with Crippen molar-refractivity contribution in [2.75, 3.05) is 0 Å². The number of carboxylic acid groups (broad SMARTS) is 1. The fraction of sp³-hybridized carbons (Fsp3) is 0.417. The zero-order valence-corrected chi connectivity index (χ0v) is 10.6. The van der Waals surface area contributed by atoms with Crippen molar-refractivity contribution in [2.24, 2.45) is 5.92 Å². The largest absolute Gasteiger partial charge is 0.478 e. The van der Waals surface area contributed by atoms with Crippen molar-refractivity contribution in [3.05, 3.63) is 22.5 Å². The van der Waals surface area contributed by atoms with Crippen molar-refractivity contribution in [3.63, 3.8) is 0 Å². The molecule has 2 aromatic heterocycles. The number of carboxylic acids is 1. The van der Waals surface area contributed by atoms with Crippen molar-refractivity contribution in [1.82, 2.24) is 14.8 Å². The van der Waals surface area contributed by atoms with E-state index in [4.69, 9.17) is 16.7 Å². The number of pyridine rings is 1. The first-order valence-electron chi connectivity index (χ1n) is 5.83. The minimum absolute atomic E-state index is 0.0261. The lowest BCUT2D eigenvalue weighted by Crippen LogP contribution is -2.04. The van der Waals surface area contributed by atoms with Gasteiger partial charge in [0.2, 0.25) is 0 Å². The second kappa shape index (κ2) is 3.95. The first-order chi connectivity index (χ1) is 8.58. The Kier molecular flexibility index (Phi) is 2.52. The Morgan fingerprint density at radius 2 is 2.33 bits per heavy atom. The summed E-state index contributed by atoms with van der Waals surface area (Å²) in [5.74, 6) is -0.393. The molecule has 1 saturated carbocycles. The van der Waals surface area contributed by atoms with Gasteiger partial charge in [0.25, 0.3) is 0 Å². The number of aryl methyl sites for hydroxylation is 1. The molecule has 2 heterocycles. The summed E-state index contributed by atoms with van der Waals surface area (Å²) in [6, 6.07) is 0. The molecule has 94 valence electrons. The van der Waals surface area contributed by atoms with E-state index in [9.17, 15) is 4.79 Å². The average Bonchev–Trinajstić information content (AvgIpc) is 3.05. The van der Waals surface area contributed by atoms with Crippen LogP contribution in [0.15, 0.2) is 6.20 Å². The van der Waals surface area contributed by atoms with E-state index in [1.54, 1.807) is 0 Å². The van der Waals surface area contributed by atoms with E-state index < -0.39 is 5.97 Å². The Morgan fingerprint density at radius 3 is 2.94 bits per heavy atom. The van der Waals surface area contributed by atoms with Crippen LogP contribution in [0.25, 0.3) is 11.0 Å². The van der Waals surface area contributed by atoms with Crippen molar-refractivity contribution in [1.29, 1.82) is 0 Å². The highest BCUT2D eigenvalue weighted by Gasteiger charge is 2.25. The van der Waals surface area contributed by atoms with Gasteiger partial charge in [0.15, 0.2) is 5.65 Å². The van der Waals surface area contributed by atoms with Crippen molar-refractivity contribution in [2.45, 2.75) is 26.3 Å². The fourth-order valence-corrected chi connectivity index (χ4v) is 2.45. The Morgan fingerprint density at radius 1 is 1.61 bits per heavy atom. The van der Waals surface area contributed by atoms with Crippen molar-refractivity contribution in [3.8, 4) is 0 Å². The normalized spacial score (nSPS) is 15.2. The summed E-state index contributed by atoms with van der Waals surface area (Å²) < 4.78 is 1.83. The summed E-state index contributed by atoms with van der Waals surface area (Å²) in [7, 11) is 0. The monoisotopic (exact) mass is 265 g/mol. The Labute approximate surface area is 108 Å². The van der Waals surface area contributed by atoms with Crippen LogP contribution in [-0.2, 0) is 6.54 Å². The Hall–Kier alpha value is -1.62. The molecule has 1 aliphatic rings. The standard InChI is InChI=1S/C12H12ClN3O2/c1-6-9-10(13)8(12(17)18)4-14-11(9)16(15-6)5-7-2-3-7/h4,7H,2-3,5H2,1H3,(H,17,18). The van der Waals surface area contributed by atoms with Gasteiger partial charge in [0, 0.05) is 12.7 Å². The number of hydrogen-bond donors (Lipinski definition) is 1. The van der Waals surface area contributed by atoms with Gasteiger partial charge in [-0.2, -0.15) is 5.10 Å². The van der Waals surface area contributed by atoms with Gasteiger partial charge >= 0.3 is 5.97 Å². The summed E-state index contributed by atoms with van der Waals surface area (Å²) in [4.78, 5) is 15.2. The van der Waals surface area contributed by atoms with E-state index in [-0.39, 0.29) is 10.6 Å². The van der Waals surface area contributed by atoms with Gasteiger partial charge in [-0.15, -0.1) is 0 Å². The number of aromatic carboxylic acids is 1. The lowest BCUT2D eigenvalue weighted by Gasteiger charge is -2.02. The topological polar surface area (TPSA) is 68.0 Å². The van der Waals surface area contributed by atoms with Crippen molar-refractivity contribution < 1.29 is 9.90 Å². The molecular weight excluding hydrogens is 254 g/mol. The molecule has 1 fully saturated rings. The number of hydrogen-bond acceptors (Lipinski definition) is 3. The van der Waals surface area contributed by atoms with Crippen LogP contribution >= 0.6 is 11.6 Å². The molecule has 1 N–H and O–H groups in total. The number of rotatable bonds is 3. The smallest absolute Gasteiger partial charge is 0.338 e. The molecule has 0 spiro atoms. The van der Waals surface area contributed by atoms with Crippen LogP contribution in [0.3, 0.4) is 0 Å². The molecule has 0 radical (unpaired) electrons. The number of nitrogens with zero attached hydrogens (tertiary/aromatic N) is 3. The molecule has 18 heavy (non-hydrogen) atoms. The fourth-order valence-electron chi connectivity index (χ4n) is 2.10. The van der Waals surface area contributed by atoms with Gasteiger partial charge in [-0.1, -0.05) is 11.6 Å². The molecule has 3 rings (SSSR count). The molecule has 0 aliphatic heterocycles. The lowest BCUT2D eigenvalue weighted by molar-refractivity contribution is 0.0697. The van der Waals surface area contributed by atoms with Crippen LogP contribution in [0.4, 0.5) is 0 Å². The molecule has 0 amide bonds. The SMILES string of the molecule is Cc1nn(CC2CC2)c2ncc(C(=O)O)c(Cl)c12. The van der Waals surface area contributed by atoms with Gasteiger partial charge in [-0.25, -0.2) is 14.5 Å². The second-order valence-electron chi connectivity index (χ2n) is 4.70. The quantitative estimate of drug-likeness (QED) is 0.926. The van der Waals surface area contributed by atoms with Gasteiger partial charge in [0.05, 0.1) is 21.7 Å². The van der Waals surface area contributed by atoms with Gasteiger partial charge < -0.3 is 5.11 Å². The maximum Gasteiger partial charge on any atom is 0.338 e. The minimum atomic E-state index is -1.07. The zero-order valence-electron chi connectivity index (χ0n) is 9.85. The summed E-state index contributed by atoms with van der Waals surface area (Å²) in [5.41, 5.74) is 1.43. The summed E-state index contributed by atoms with van der Waals surface area (Å²) in [5, 5.41) is 14.3. The molecule has 1 aliphatic carbocycles. The maximum absolute atomic E-state index is 11.0. The first-order valence-corrected chi connectivity index (χ1v) is 6.20. The third kappa shape index (κ3) is 1.75. The molecule has 0 unspecified atom stereocenters. The number of halogens is 1. The van der Waals surface area contributed by atoms with E-state index in [2.05, 4.69) is 10.1 Å². The number of aromatic nitrogens is 3. The molecule has 5 nitrogen and oxygen atoms in total. The summed E-state index contributed by atoms with van der Waals surface area (Å²) >= 11 is 6.13. The van der Waals surface area contributed by atoms with Gasteiger partial charge in [-0.05, 0) is 25.7 Å². The van der Waals surface area contributed by atoms with Crippen LogP contribution in [0.5, 0.6) is 0 Å². The maximum atomic E-state index is 11.0. The van der Waals surface area contributed by atoms with Crippen LogP contribution in [0.1, 0.15) is 28.9 Å². The summed E-state index contributed by atoms with van der Waals surface area (Å²) in [6.45, 7) is 2.66. The van der Waals surface area contributed by atoms with E-state index >= 15 is 0 Å². The van der Waals surface area contributed by atoms with Gasteiger partial charge in [0.1, 0.15) is 0 Å². The number of carbonyl (C=O) groups is 1. The molecule has 0 bridgehead atoms. The first kappa shape index (κ1) is 11.5. The predicted octanol–water partition coefficient (Wildman–Crippen LogP) is 2.50. The molecule has 6 heteroatoms. The minimum Gasteiger partial charge on any atom is -0.478 e. The molecule has 0 atom stereocenters. The highest BCUT2D eigenvalue weighted by atomic mass is 35.5. The molecule has 0 saturated heterocycles. The summed E-state index contributed by atoms with van der Waals surface area (Å²) in [6.07, 6.45) is 3.75. The van der Waals surface area contributed by atoms with Crippen LogP contribution in [-0.4, -0.2) is 25.8 Å². The third-order valence-corrected chi connectivity index (χ3v) is 3.62. The van der Waals surface area contributed by atoms with Gasteiger partial charge in [-0.3, -0.25) is 0 Å². The molecular formula is C12H12ClN3O2.